The number of rotatable bonds is 6. The monoisotopic (exact) mass is 335 g/mol. The van der Waals surface area contributed by atoms with E-state index in [1.54, 1.807) is 23.9 Å². The Bertz CT molecular complexity index is 629. The van der Waals surface area contributed by atoms with E-state index in [4.69, 9.17) is 16.6 Å². The number of carbonyl (C=O) groups is 1. The third-order valence-electron chi connectivity index (χ3n) is 2.87. The van der Waals surface area contributed by atoms with E-state index in [9.17, 15) is 4.79 Å². The fourth-order valence-electron chi connectivity index (χ4n) is 1.68. The van der Waals surface area contributed by atoms with Gasteiger partial charge in [0.2, 0.25) is 0 Å². The molecule has 0 spiro atoms. The van der Waals surface area contributed by atoms with Gasteiger partial charge in [-0.25, -0.2) is 4.98 Å². The van der Waals surface area contributed by atoms with Crippen molar-refractivity contribution in [2.24, 2.45) is 0 Å². The lowest BCUT2D eigenvalue weighted by atomic mass is 10.2. The Hall–Kier alpha value is -1.86. The quantitative estimate of drug-likeness (QED) is 0.625. The second-order valence-electron chi connectivity index (χ2n) is 4.49. The molecule has 1 aromatic carbocycles. The number of aryl methyl sites for hydroxylation is 1. The molecular formula is C15H17N3O2S2. The highest BCUT2D eigenvalue weighted by molar-refractivity contribution is 7.98. The zero-order chi connectivity index (χ0) is 15.8. The molecule has 0 fully saturated rings. The number of nitrogens with one attached hydrogen (secondary N) is 2. The van der Waals surface area contributed by atoms with Gasteiger partial charge in [0, 0.05) is 17.9 Å². The number of benzene rings is 1. The standard InChI is InChI=1S/C15H17N3O2S2/c1-11-13(20-10-17-11)9-22-8-7-16-15(21)18-14(19)12-5-3-2-4-6-12/h2-6,10H,7-9H2,1H3,(H2,16,18,19,21). The lowest BCUT2D eigenvalue weighted by Gasteiger charge is -2.09. The van der Waals surface area contributed by atoms with E-state index in [0.717, 1.165) is 23.0 Å². The minimum Gasteiger partial charge on any atom is -0.447 e. The van der Waals surface area contributed by atoms with Gasteiger partial charge in [-0.05, 0) is 31.3 Å². The zero-order valence-corrected chi connectivity index (χ0v) is 13.8. The third-order valence-corrected chi connectivity index (χ3v) is 4.08. The van der Waals surface area contributed by atoms with Gasteiger partial charge in [-0.2, -0.15) is 11.8 Å². The van der Waals surface area contributed by atoms with Crippen molar-refractivity contribution in [1.82, 2.24) is 15.6 Å². The lowest BCUT2D eigenvalue weighted by Crippen LogP contribution is -2.40. The van der Waals surface area contributed by atoms with Crippen LogP contribution in [-0.2, 0) is 5.75 Å². The summed E-state index contributed by atoms with van der Waals surface area (Å²) in [6.07, 6.45) is 1.46. The highest BCUT2D eigenvalue weighted by Crippen LogP contribution is 2.14. The number of aromatic nitrogens is 1. The molecular weight excluding hydrogens is 318 g/mol. The van der Waals surface area contributed by atoms with Crippen molar-refractivity contribution in [1.29, 1.82) is 0 Å². The first kappa shape index (κ1) is 16.5. The third kappa shape index (κ3) is 5.16. The maximum atomic E-state index is 11.9. The largest absolute Gasteiger partial charge is 0.447 e. The molecule has 22 heavy (non-hydrogen) atoms. The average molecular weight is 335 g/mol. The van der Waals surface area contributed by atoms with Gasteiger partial charge in [0.1, 0.15) is 5.76 Å². The molecule has 2 rings (SSSR count). The zero-order valence-electron chi connectivity index (χ0n) is 12.2. The fraction of sp³-hybridized carbons (Fsp3) is 0.267. The number of hydrogen-bond acceptors (Lipinski definition) is 5. The van der Waals surface area contributed by atoms with Crippen molar-refractivity contribution in [2.75, 3.05) is 12.3 Å². The van der Waals surface area contributed by atoms with E-state index < -0.39 is 0 Å². The molecule has 2 N–H and O–H groups in total. The molecule has 0 unspecified atom stereocenters. The van der Waals surface area contributed by atoms with E-state index in [-0.39, 0.29) is 5.91 Å². The molecule has 1 heterocycles. The molecule has 0 aliphatic heterocycles. The highest BCUT2D eigenvalue weighted by Gasteiger charge is 2.06. The molecule has 2 aromatic rings. The normalized spacial score (nSPS) is 10.2. The predicted molar refractivity (Wildman–Crippen MR) is 91.9 cm³/mol. The van der Waals surface area contributed by atoms with Crippen molar-refractivity contribution in [2.45, 2.75) is 12.7 Å². The number of oxazole rings is 1. The number of hydrogen-bond donors (Lipinski definition) is 2. The van der Waals surface area contributed by atoms with Crippen molar-refractivity contribution in [3.8, 4) is 0 Å². The molecule has 116 valence electrons. The van der Waals surface area contributed by atoms with Gasteiger partial charge >= 0.3 is 0 Å². The molecule has 5 nitrogen and oxygen atoms in total. The summed E-state index contributed by atoms with van der Waals surface area (Å²) in [6, 6.07) is 8.98. The van der Waals surface area contributed by atoms with Crippen LogP contribution in [0.5, 0.6) is 0 Å². The van der Waals surface area contributed by atoms with E-state index in [1.165, 1.54) is 6.39 Å². The average Bonchev–Trinajstić information content (AvgIpc) is 2.93. The van der Waals surface area contributed by atoms with Crippen LogP contribution in [0.15, 0.2) is 41.1 Å². The maximum absolute atomic E-state index is 11.9. The van der Waals surface area contributed by atoms with Crippen LogP contribution in [0.3, 0.4) is 0 Å². The number of nitrogens with zero attached hydrogens (tertiary/aromatic N) is 1. The summed E-state index contributed by atoms with van der Waals surface area (Å²) in [6.45, 7) is 2.59. The van der Waals surface area contributed by atoms with E-state index in [1.807, 2.05) is 25.1 Å². The Morgan fingerprint density at radius 3 is 2.82 bits per heavy atom. The Morgan fingerprint density at radius 1 is 1.36 bits per heavy atom. The fourth-order valence-corrected chi connectivity index (χ4v) is 2.72. The van der Waals surface area contributed by atoms with Gasteiger partial charge in [-0.3, -0.25) is 10.1 Å². The summed E-state index contributed by atoms with van der Waals surface area (Å²) in [5, 5.41) is 6.00. The summed E-state index contributed by atoms with van der Waals surface area (Å²) in [4.78, 5) is 15.9. The second-order valence-corrected chi connectivity index (χ2v) is 6.00. The van der Waals surface area contributed by atoms with Crippen LogP contribution in [0.4, 0.5) is 0 Å². The summed E-state index contributed by atoms with van der Waals surface area (Å²) in [5.41, 5.74) is 1.51. The van der Waals surface area contributed by atoms with Gasteiger partial charge in [0.05, 0.1) is 11.4 Å². The Kier molecular flexibility index (Phi) is 6.42. The molecule has 0 radical (unpaired) electrons. The number of thiocarbonyl (C=S) groups is 1. The summed E-state index contributed by atoms with van der Waals surface area (Å²) < 4.78 is 5.26. The van der Waals surface area contributed by atoms with Gasteiger partial charge in [-0.15, -0.1) is 0 Å². The SMILES string of the molecule is Cc1ncoc1CSCCNC(=S)NC(=O)c1ccccc1. The van der Waals surface area contributed by atoms with Gasteiger partial charge in [0.25, 0.3) is 5.91 Å². The lowest BCUT2D eigenvalue weighted by molar-refractivity contribution is 0.0976. The molecule has 7 heteroatoms. The molecule has 0 atom stereocenters. The van der Waals surface area contributed by atoms with E-state index in [2.05, 4.69) is 15.6 Å². The minimum atomic E-state index is -0.206. The first-order chi connectivity index (χ1) is 10.7. The Balaban J connectivity index is 1.62. The Morgan fingerprint density at radius 2 is 2.14 bits per heavy atom. The number of thioether (sulfide) groups is 1. The van der Waals surface area contributed by atoms with E-state index >= 15 is 0 Å². The first-order valence-electron chi connectivity index (χ1n) is 6.78. The van der Waals surface area contributed by atoms with Gasteiger partial charge in [0.15, 0.2) is 11.5 Å². The van der Waals surface area contributed by atoms with E-state index in [0.29, 0.717) is 17.2 Å². The maximum Gasteiger partial charge on any atom is 0.257 e. The van der Waals surface area contributed by atoms with Crippen molar-refractivity contribution < 1.29 is 9.21 Å². The molecule has 0 aliphatic carbocycles. The topological polar surface area (TPSA) is 67.2 Å². The minimum absolute atomic E-state index is 0.206. The van der Waals surface area contributed by atoms with Crippen LogP contribution in [0.2, 0.25) is 0 Å². The highest BCUT2D eigenvalue weighted by atomic mass is 32.2. The first-order valence-corrected chi connectivity index (χ1v) is 8.34. The molecule has 0 saturated heterocycles. The Labute approximate surface area is 138 Å². The van der Waals surface area contributed by atoms with Crippen LogP contribution >= 0.6 is 24.0 Å². The van der Waals surface area contributed by atoms with Gasteiger partial charge in [-0.1, -0.05) is 18.2 Å². The van der Waals surface area contributed by atoms with Crippen LogP contribution in [-0.4, -0.2) is 28.3 Å². The molecule has 0 bridgehead atoms. The van der Waals surface area contributed by atoms with Crippen molar-refractivity contribution >= 4 is 35.0 Å². The summed E-state index contributed by atoms with van der Waals surface area (Å²) in [5.74, 6) is 2.31. The number of amides is 1. The molecule has 1 aromatic heterocycles. The smallest absolute Gasteiger partial charge is 0.257 e. The second kappa shape index (κ2) is 8.55. The predicted octanol–water partition coefficient (Wildman–Crippen LogP) is 2.52. The van der Waals surface area contributed by atoms with Crippen LogP contribution in [0, 0.1) is 6.92 Å². The summed E-state index contributed by atoms with van der Waals surface area (Å²) >= 11 is 6.81. The molecule has 1 amide bonds. The summed E-state index contributed by atoms with van der Waals surface area (Å²) in [7, 11) is 0. The molecule has 0 aliphatic rings. The van der Waals surface area contributed by atoms with Gasteiger partial charge < -0.3 is 9.73 Å². The van der Waals surface area contributed by atoms with Crippen molar-refractivity contribution in [3.63, 3.8) is 0 Å². The van der Waals surface area contributed by atoms with Crippen LogP contribution < -0.4 is 10.6 Å². The van der Waals surface area contributed by atoms with Crippen molar-refractivity contribution in [3.05, 3.63) is 53.7 Å². The van der Waals surface area contributed by atoms with Crippen LogP contribution in [0.1, 0.15) is 21.8 Å². The van der Waals surface area contributed by atoms with Crippen LogP contribution in [0.25, 0.3) is 0 Å². The molecule has 0 saturated carbocycles. The number of carbonyl (C=O) groups excluding carboxylic acids is 1.